The Hall–Kier alpha value is -10.1. The minimum atomic E-state index is -0.432. The molecule has 4 nitrogen and oxygen atoms in total. The van der Waals surface area contributed by atoms with Gasteiger partial charge in [0.25, 0.3) is 6.71 Å². The van der Waals surface area contributed by atoms with Crippen LogP contribution in [0.3, 0.4) is 0 Å². The second kappa shape index (κ2) is 18.5. The number of anilines is 12. The number of nitrogens with zero attached hydrogens (tertiary/aromatic N) is 4. The molecule has 0 amide bonds. The molecule has 0 aromatic heterocycles. The van der Waals surface area contributed by atoms with Gasteiger partial charge < -0.3 is 19.6 Å². The third-order valence-electron chi connectivity index (χ3n) is 17.7. The van der Waals surface area contributed by atoms with Crippen molar-refractivity contribution in [3.05, 3.63) is 319 Å². The summed E-state index contributed by atoms with van der Waals surface area (Å²) in [5.74, 6) is 0. The van der Waals surface area contributed by atoms with Gasteiger partial charge in [-0.25, -0.2) is 0 Å². The van der Waals surface area contributed by atoms with Crippen molar-refractivity contribution in [1.82, 2.24) is 0 Å². The Bertz CT molecular complexity index is 4350. The van der Waals surface area contributed by atoms with Crippen molar-refractivity contribution < 1.29 is 0 Å². The normalized spacial score (nSPS) is 13.6. The van der Waals surface area contributed by atoms with Crippen LogP contribution in [0.4, 0.5) is 68.2 Å². The largest absolute Gasteiger partial charge is 0.311 e. The number of hydrogen-bond acceptors (Lipinski definition) is 4. The van der Waals surface area contributed by atoms with E-state index in [2.05, 4.69) is 332 Å². The van der Waals surface area contributed by atoms with Crippen LogP contribution in [0.15, 0.2) is 291 Å². The van der Waals surface area contributed by atoms with Gasteiger partial charge in [-0.1, -0.05) is 203 Å². The lowest BCUT2D eigenvalue weighted by Gasteiger charge is -2.45. The Morgan fingerprint density at radius 1 is 0.305 bits per heavy atom. The summed E-state index contributed by atoms with van der Waals surface area (Å²) in [4.78, 5) is 9.94. The van der Waals surface area contributed by atoms with Crippen LogP contribution in [-0.2, 0) is 10.8 Å². The van der Waals surface area contributed by atoms with Gasteiger partial charge in [0.15, 0.2) is 0 Å². The molecule has 0 saturated carbocycles. The highest BCUT2D eigenvalue weighted by molar-refractivity contribution is 7.00. The Kier molecular flexibility index (Phi) is 10.8. The predicted octanol–water partition coefficient (Wildman–Crippen LogP) is 18.3. The summed E-state index contributed by atoms with van der Waals surface area (Å²) in [6.07, 6.45) is 0. The third-order valence-corrected chi connectivity index (χ3v) is 17.7. The zero-order chi connectivity index (χ0) is 54.7. The van der Waals surface area contributed by atoms with Gasteiger partial charge in [-0.3, -0.25) is 0 Å². The highest BCUT2D eigenvalue weighted by atomic mass is 15.2. The molecular weight excluding hydrogens is 992 g/mol. The van der Waals surface area contributed by atoms with Gasteiger partial charge in [0.2, 0.25) is 0 Å². The second-order valence-corrected chi connectivity index (χ2v) is 23.2. The van der Waals surface area contributed by atoms with Crippen LogP contribution in [0.5, 0.6) is 0 Å². The molecule has 0 saturated heterocycles. The zero-order valence-corrected chi connectivity index (χ0v) is 46.1. The van der Waals surface area contributed by atoms with E-state index in [0.29, 0.717) is 0 Å². The quantitative estimate of drug-likeness (QED) is 0.141. The number of benzene rings is 12. The van der Waals surface area contributed by atoms with Crippen molar-refractivity contribution in [3.63, 3.8) is 0 Å². The fourth-order valence-corrected chi connectivity index (χ4v) is 14.3. The lowest BCUT2D eigenvalue weighted by Crippen LogP contribution is -2.61. The van der Waals surface area contributed by atoms with Gasteiger partial charge in [0, 0.05) is 68.2 Å². The number of para-hydroxylation sites is 5. The van der Waals surface area contributed by atoms with Crippen LogP contribution in [0.1, 0.15) is 48.6 Å². The number of hydrogen-bond donors (Lipinski definition) is 0. The van der Waals surface area contributed by atoms with E-state index < -0.39 is 5.41 Å². The van der Waals surface area contributed by atoms with Gasteiger partial charge in [0.1, 0.15) is 0 Å². The minimum absolute atomic E-state index is 0.0769. The van der Waals surface area contributed by atoms with Crippen LogP contribution < -0.4 is 36.0 Å². The molecule has 12 aromatic rings. The molecule has 2 heterocycles. The molecule has 0 unspecified atom stereocenters. The van der Waals surface area contributed by atoms with Crippen molar-refractivity contribution in [2.45, 2.75) is 31.6 Å². The SMILES string of the molecule is CC(C)(C)c1cc2c3c(c1)N(c1cccc(N(c4ccccc4)c4ccccc4)c1)c1cc(N(c4ccccc4)c4ccccc4)ccc1B3c1ccccc1N2c1ccc2c(c1)-c1ccccc1C21c2ccccc2-c2ccccc21. The van der Waals surface area contributed by atoms with E-state index in [9.17, 15) is 0 Å². The molecule has 388 valence electrons. The lowest BCUT2D eigenvalue weighted by molar-refractivity contribution is 0.590. The van der Waals surface area contributed by atoms with E-state index in [1.807, 2.05) is 0 Å². The van der Waals surface area contributed by atoms with Crippen molar-refractivity contribution in [2.75, 3.05) is 19.6 Å². The van der Waals surface area contributed by atoms with E-state index in [1.165, 1.54) is 83.5 Å². The van der Waals surface area contributed by atoms with Crippen LogP contribution in [0, 0.1) is 0 Å². The first-order chi connectivity index (χ1) is 40.3. The Labute approximate surface area is 481 Å². The first-order valence-electron chi connectivity index (χ1n) is 28.7. The van der Waals surface area contributed by atoms with Gasteiger partial charge in [-0.2, -0.15) is 0 Å². The average Bonchev–Trinajstić information content (AvgIpc) is 1.87. The highest BCUT2D eigenvalue weighted by Crippen LogP contribution is 2.63. The molecular formula is C77H57BN4. The van der Waals surface area contributed by atoms with Crippen LogP contribution in [0.2, 0.25) is 0 Å². The monoisotopic (exact) mass is 1050 g/mol. The van der Waals surface area contributed by atoms with Crippen LogP contribution in [-0.4, -0.2) is 6.71 Å². The van der Waals surface area contributed by atoms with Gasteiger partial charge in [0.05, 0.1) is 5.41 Å². The summed E-state index contributed by atoms with van der Waals surface area (Å²) in [6.45, 7) is 7.00. The van der Waals surface area contributed by atoms with E-state index in [4.69, 9.17) is 0 Å². The molecule has 0 bridgehead atoms. The molecule has 0 atom stereocenters. The van der Waals surface area contributed by atoms with E-state index in [0.717, 1.165) is 51.2 Å². The molecule has 1 spiro atoms. The summed E-state index contributed by atoms with van der Waals surface area (Å²) in [7, 11) is 0. The summed E-state index contributed by atoms with van der Waals surface area (Å²) in [5.41, 5.74) is 28.5. The Balaban J connectivity index is 0.954. The molecule has 12 aromatic carbocycles. The fourth-order valence-electron chi connectivity index (χ4n) is 14.3. The van der Waals surface area contributed by atoms with E-state index in [1.54, 1.807) is 0 Å². The standard InChI is InChI=1S/C77H57BN4/c1-76(2,3)52-47-73-75-74(48-52)82(58-34-24-33-57(49-58)79(53-25-8-4-9-26-53)54-27-10-5-11-28-54)72-51-60(80(55-29-12-6-13-30-55)56-31-14-7-15-32-56)44-46-70(72)78(75)69-41-22-23-42-71(69)81(73)59-43-45-68-64(50-59)63-37-18-21-40-67(63)77(68)65-38-19-16-35-61(65)62-36-17-20-39-66(62)77/h4-51H,1-3H3. The Morgan fingerprint density at radius 2 is 0.720 bits per heavy atom. The fraction of sp³-hybridized carbons (Fsp3) is 0.0649. The van der Waals surface area contributed by atoms with Gasteiger partial charge >= 0.3 is 0 Å². The van der Waals surface area contributed by atoms with E-state index in [-0.39, 0.29) is 12.1 Å². The Morgan fingerprint density at radius 3 is 1.26 bits per heavy atom. The smallest absolute Gasteiger partial charge is 0.252 e. The van der Waals surface area contributed by atoms with Crippen molar-refractivity contribution >= 4 is 91.3 Å². The zero-order valence-electron chi connectivity index (χ0n) is 46.1. The van der Waals surface area contributed by atoms with Gasteiger partial charge in [-0.05, 0) is 181 Å². The molecule has 0 N–H and O–H groups in total. The summed E-state index contributed by atoms with van der Waals surface area (Å²) in [5, 5.41) is 0. The molecule has 2 aliphatic heterocycles. The molecule has 0 radical (unpaired) electrons. The molecule has 4 aliphatic rings. The highest BCUT2D eigenvalue weighted by Gasteiger charge is 2.52. The summed E-state index contributed by atoms with van der Waals surface area (Å²) < 4.78 is 0. The van der Waals surface area contributed by atoms with Crippen molar-refractivity contribution in [3.8, 4) is 22.3 Å². The van der Waals surface area contributed by atoms with E-state index >= 15 is 0 Å². The third kappa shape index (κ3) is 7.12. The van der Waals surface area contributed by atoms with Crippen LogP contribution >= 0.6 is 0 Å². The van der Waals surface area contributed by atoms with Crippen molar-refractivity contribution in [1.29, 1.82) is 0 Å². The number of rotatable bonds is 8. The van der Waals surface area contributed by atoms with Crippen LogP contribution in [0.25, 0.3) is 22.3 Å². The maximum Gasteiger partial charge on any atom is 0.252 e. The first kappa shape index (κ1) is 47.9. The topological polar surface area (TPSA) is 13.0 Å². The molecule has 16 rings (SSSR count). The molecule has 82 heavy (non-hydrogen) atoms. The molecule has 5 heteroatoms. The first-order valence-corrected chi connectivity index (χ1v) is 28.7. The number of fused-ring (bicyclic) bond motifs is 14. The predicted molar refractivity (Wildman–Crippen MR) is 345 cm³/mol. The minimum Gasteiger partial charge on any atom is -0.311 e. The summed E-state index contributed by atoms with van der Waals surface area (Å²) in [6, 6.07) is 108. The summed E-state index contributed by atoms with van der Waals surface area (Å²) >= 11 is 0. The maximum absolute atomic E-state index is 2.59. The second-order valence-electron chi connectivity index (χ2n) is 23.2. The molecule has 2 aliphatic carbocycles. The van der Waals surface area contributed by atoms with Gasteiger partial charge in [-0.15, -0.1) is 0 Å². The molecule has 0 fully saturated rings. The van der Waals surface area contributed by atoms with Crippen molar-refractivity contribution in [2.24, 2.45) is 0 Å². The lowest BCUT2D eigenvalue weighted by atomic mass is 9.33. The average molecular weight is 1050 g/mol. The maximum atomic E-state index is 2.59.